The highest BCUT2D eigenvalue weighted by molar-refractivity contribution is 9.10. The van der Waals surface area contributed by atoms with Crippen LogP contribution in [0.15, 0.2) is 58.6 Å². The van der Waals surface area contributed by atoms with Gasteiger partial charge in [-0.2, -0.15) is 0 Å². The van der Waals surface area contributed by atoms with Gasteiger partial charge < -0.3 is 10.1 Å². The molecule has 0 atom stereocenters. The molecule has 0 saturated heterocycles. The first kappa shape index (κ1) is 19.5. The SMILES string of the molecule is Clc1ccc(COc2ccc(CNCCC3=CCCCC3)cc2Br)cc1. The molecule has 26 heavy (non-hydrogen) atoms. The number of benzene rings is 2. The smallest absolute Gasteiger partial charge is 0.134 e. The summed E-state index contributed by atoms with van der Waals surface area (Å²) in [5.74, 6) is 0.857. The highest BCUT2D eigenvalue weighted by Gasteiger charge is 2.05. The van der Waals surface area contributed by atoms with Crippen molar-refractivity contribution in [1.29, 1.82) is 0 Å². The predicted molar refractivity (Wildman–Crippen MR) is 113 cm³/mol. The van der Waals surface area contributed by atoms with E-state index >= 15 is 0 Å². The molecule has 1 aliphatic rings. The Balaban J connectivity index is 1.44. The Morgan fingerprint density at radius 1 is 1.04 bits per heavy atom. The van der Waals surface area contributed by atoms with Crippen LogP contribution in [0.3, 0.4) is 0 Å². The Kier molecular flexibility index (Phi) is 7.60. The van der Waals surface area contributed by atoms with Gasteiger partial charge >= 0.3 is 0 Å². The van der Waals surface area contributed by atoms with Crippen LogP contribution in [0.2, 0.25) is 5.02 Å². The second-order valence-corrected chi connectivity index (χ2v) is 8.01. The third-order valence-electron chi connectivity index (χ3n) is 4.64. The van der Waals surface area contributed by atoms with Gasteiger partial charge in [-0.1, -0.05) is 41.4 Å². The lowest BCUT2D eigenvalue weighted by atomic mass is 9.97. The first-order valence-electron chi connectivity index (χ1n) is 9.25. The van der Waals surface area contributed by atoms with Gasteiger partial charge in [0.25, 0.3) is 0 Å². The van der Waals surface area contributed by atoms with Crippen LogP contribution in [-0.2, 0) is 13.2 Å². The van der Waals surface area contributed by atoms with Gasteiger partial charge in [-0.15, -0.1) is 0 Å². The van der Waals surface area contributed by atoms with Crippen molar-refractivity contribution in [3.05, 3.63) is 74.7 Å². The number of rotatable bonds is 8. The minimum absolute atomic E-state index is 0.530. The second kappa shape index (κ2) is 10.1. The third kappa shape index (κ3) is 6.15. The van der Waals surface area contributed by atoms with Crippen molar-refractivity contribution in [2.24, 2.45) is 0 Å². The van der Waals surface area contributed by atoms with E-state index in [0.29, 0.717) is 6.61 Å². The molecule has 0 amide bonds. The molecule has 2 nitrogen and oxygen atoms in total. The van der Waals surface area contributed by atoms with Crippen molar-refractivity contribution in [1.82, 2.24) is 5.32 Å². The van der Waals surface area contributed by atoms with Crippen LogP contribution in [0.5, 0.6) is 5.75 Å². The van der Waals surface area contributed by atoms with E-state index < -0.39 is 0 Å². The summed E-state index contributed by atoms with van der Waals surface area (Å²) in [4.78, 5) is 0. The molecular formula is C22H25BrClNO. The number of allylic oxidation sites excluding steroid dienone is 1. The molecule has 4 heteroatoms. The normalized spacial score (nSPS) is 14.2. The van der Waals surface area contributed by atoms with Gasteiger partial charge in [-0.3, -0.25) is 0 Å². The summed E-state index contributed by atoms with van der Waals surface area (Å²) in [7, 11) is 0. The second-order valence-electron chi connectivity index (χ2n) is 6.71. The van der Waals surface area contributed by atoms with E-state index in [-0.39, 0.29) is 0 Å². The minimum atomic E-state index is 0.530. The maximum atomic E-state index is 5.91. The van der Waals surface area contributed by atoms with Crippen LogP contribution >= 0.6 is 27.5 Å². The summed E-state index contributed by atoms with van der Waals surface area (Å²) in [6, 6.07) is 14.0. The molecule has 0 saturated carbocycles. The van der Waals surface area contributed by atoms with Crippen molar-refractivity contribution in [3.8, 4) is 5.75 Å². The zero-order valence-corrected chi connectivity index (χ0v) is 17.3. The van der Waals surface area contributed by atoms with Crippen molar-refractivity contribution in [3.63, 3.8) is 0 Å². The van der Waals surface area contributed by atoms with Crippen molar-refractivity contribution in [2.75, 3.05) is 6.54 Å². The quantitative estimate of drug-likeness (QED) is 0.370. The lowest BCUT2D eigenvalue weighted by molar-refractivity contribution is 0.304. The molecule has 1 aliphatic carbocycles. The van der Waals surface area contributed by atoms with E-state index in [2.05, 4.69) is 39.5 Å². The Morgan fingerprint density at radius 3 is 2.58 bits per heavy atom. The zero-order valence-electron chi connectivity index (χ0n) is 14.9. The van der Waals surface area contributed by atoms with Crippen LogP contribution in [0.25, 0.3) is 0 Å². The number of halogens is 2. The molecule has 0 aliphatic heterocycles. The van der Waals surface area contributed by atoms with Gasteiger partial charge in [-0.25, -0.2) is 0 Å². The third-order valence-corrected chi connectivity index (χ3v) is 5.51. The molecule has 0 unspecified atom stereocenters. The van der Waals surface area contributed by atoms with Crippen LogP contribution in [-0.4, -0.2) is 6.54 Å². The van der Waals surface area contributed by atoms with Crippen molar-refractivity contribution >= 4 is 27.5 Å². The van der Waals surface area contributed by atoms with E-state index in [0.717, 1.165) is 33.9 Å². The summed E-state index contributed by atoms with van der Waals surface area (Å²) in [5.41, 5.74) is 3.98. The maximum absolute atomic E-state index is 5.91. The van der Waals surface area contributed by atoms with Gasteiger partial charge in [0.05, 0.1) is 4.47 Å². The summed E-state index contributed by atoms with van der Waals surface area (Å²) >= 11 is 9.53. The van der Waals surface area contributed by atoms with Gasteiger partial charge in [0.2, 0.25) is 0 Å². The molecule has 1 N–H and O–H groups in total. The fourth-order valence-electron chi connectivity index (χ4n) is 3.13. The number of hydrogen-bond donors (Lipinski definition) is 1. The summed E-state index contributed by atoms with van der Waals surface area (Å²) in [6.45, 7) is 2.45. The molecule has 0 spiro atoms. The van der Waals surface area contributed by atoms with E-state index in [9.17, 15) is 0 Å². The molecule has 0 heterocycles. The zero-order chi connectivity index (χ0) is 18.2. The average Bonchev–Trinajstić information content (AvgIpc) is 2.67. The average molecular weight is 435 g/mol. The lowest BCUT2D eigenvalue weighted by Gasteiger charge is -2.13. The topological polar surface area (TPSA) is 21.3 Å². The van der Waals surface area contributed by atoms with Crippen molar-refractivity contribution < 1.29 is 4.74 Å². The lowest BCUT2D eigenvalue weighted by Crippen LogP contribution is -2.15. The fraction of sp³-hybridized carbons (Fsp3) is 0.364. The fourth-order valence-corrected chi connectivity index (χ4v) is 3.79. The molecular weight excluding hydrogens is 410 g/mol. The van der Waals surface area contributed by atoms with Gasteiger partial charge in [-0.05, 0) is 90.0 Å². The van der Waals surface area contributed by atoms with Crippen LogP contribution in [0.4, 0.5) is 0 Å². The van der Waals surface area contributed by atoms with Gasteiger partial charge in [0.15, 0.2) is 0 Å². The Bertz CT molecular complexity index is 742. The highest BCUT2D eigenvalue weighted by Crippen LogP contribution is 2.27. The predicted octanol–water partition coefficient (Wildman–Crippen LogP) is 6.66. The van der Waals surface area contributed by atoms with Crippen LogP contribution in [0, 0.1) is 0 Å². The van der Waals surface area contributed by atoms with Gasteiger partial charge in [0, 0.05) is 11.6 Å². The maximum Gasteiger partial charge on any atom is 0.134 e. The van der Waals surface area contributed by atoms with E-state index in [1.165, 1.54) is 37.7 Å². The number of hydrogen-bond acceptors (Lipinski definition) is 2. The first-order valence-corrected chi connectivity index (χ1v) is 10.4. The molecule has 138 valence electrons. The molecule has 0 fully saturated rings. The van der Waals surface area contributed by atoms with Crippen molar-refractivity contribution in [2.45, 2.75) is 45.3 Å². The Morgan fingerprint density at radius 2 is 1.85 bits per heavy atom. The molecule has 2 aromatic rings. The van der Waals surface area contributed by atoms with Gasteiger partial charge in [0.1, 0.15) is 12.4 Å². The van der Waals surface area contributed by atoms with E-state index in [1.807, 2.05) is 30.3 Å². The standard InChI is InChI=1S/C22H25BrClNO/c23-21-14-19(15-25-13-12-17-4-2-1-3-5-17)8-11-22(21)26-16-18-6-9-20(24)10-7-18/h4,6-11,14,25H,1-3,5,12-13,15-16H2. The first-order chi connectivity index (χ1) is 12.7. The molecule has 0 radical (unpaired) electrons. The largest absolute Gasteiger partial charge is 0.488 e. The number of nitrogens with one attached hydrogen (secondary N) is 1. The summed E-state index contributed by atoms with van der Waals surface area (Å²) < 4.78 is 6.89. The molecule has 0 aromatic heterocycles. The van der Waals surface area contributed by atoms with Crippen LogP contribution < -0.4 is 10.1 Å². The molecule has 3 rings (SSSR count). The summed E-state index contributed by atoms with van der Waals surface area (Å²) in [5, 5.41) is 4.29. The highest BCUT2D eigenvalue weighted by atomic mass is 79.9. The molecule has 2 aromatic carbocycles. The van der Waals surface area contributed by atoms with Crippen LogP contribution in [0.1, 0.15) is 43.2 Å². The Labute approximate surface area is 169 Å². The molecule has 0 bridgehead atoms. The monoisotopic (exact) mass is 433 g/mol. The Hall–Kier alpha value is -1.29. The minimum Gasteiger partial charge on any atom is -0.488 e. The number of ether oxygens (including phenoxy) is 1. The summed E-state index contributed by atoms with van der Waals surface area (Å²) in [6.07, 6.45) is 8.86. The van der Waals surface area contributed by atoms with E-state index in [1.54, 1.807) is 5.57 Å². The van der Waals surface area contributed by atoms with E-state index in [4.69, 9.17) is 16.3 Å².